The van der Waals surface area contributed by atoms with Crippen molar-refractivity contribution in [2.75, 3.05) is 12.4 Å². The van der Waals surface area contributed by atoms with Crippen molar-refractivity contribution in [1.29, 1.82) is 0 Å². The maximum Gasteiger partial charge on any atom is 0.329 e. The van der Waals surface area contributed by atoms with Crippen molar-refractivity contribution >= 4 is 41.0 Å². The molecule has 3 aromatic rings. The number of amides is 2. The maximum atomic E-state index is 13.2. The van der Waals surface area contributed by atoms with Gasteiger partial charge in [0.2, 0.25) is 0 Å². The molecule has 2 N–H and O–H groups in total. The Kier molecular flexibility index (Phi) is 8.52. The van der Waals surface area contributed by atoms with Crippen molar-refractivity contribution in [1.82, 2.24) is 5.43 Å². The molecule has 0 aliphatic rings. The zero-order chi connectivity index (χ0) is 26.2. The summed E-state index contributed by atoms with van der Waals surface area (Å²) in [7, 11) is 1.50. The average Bonchev–Trinajstić information content (AvgIpc) is 2.84. The van der Waals surface area contributed by atoms with Crippen LogP contribution in [0.3, 0.4) is 0 Å². The highest BCUT2D eigenvalue weighted by Crippen LogP contribution is 2.26. The Labute approximate surface area is 209 Å². The average molecular weight is 515 g/mol. The number of benzene rings is 3. The highest BCUT2D eigenvalue weighted by atomic mass is 35.5. The summed E-state index contributed by atoms with van der Waals surface area (Å²) in [5.74, 6) is -1.74. The molecule has 0 heterocycles. The quantitative estimate of drug-likeness (QED) is 0.198. The van der Waals surface area contributed by atoms with E-state index in [9.17, 15) is 24.1 Å². The maximum absolute atomic E-state index is 13.2. The second kappa shape index (κ2) is 11.8. The van der Waals surface area contributed by atoms with Crippen LogP contribution < -0.4 is 20.2 Å². The molecule has 0 fully saturated rings. The number of nitrogens with one attached hydrogen (secondary N) is 2. The first-order valence-corrected chi connectivity index (χ1v) is 10.7. The molecule has 36 heavy (non-hydrogen) atoms. The molecule has 0 radical (unpaired) electrons. The van der Waals surface area contributed by atoms with E-state index in [2.05, 4.69) is 15.8 Å². The predicted octanol–water partition coefficient (Wildman–Crippen LogP) is 4.37. The highest BCUT2D eigenvalue weighted by molar-refractivity contribution is 6.39. The number of methoxy groups -OCH3 is 1. The molecule has 0 bridgehead atoms. The highest BCUT2D eigenvalue weighted by Gasteiger charge is 2.14. The Balaban J connectivity index is 1.62. The fourth-order valence-electron chi connectivity index (χ4n) is 3.05. The Bertz CT molecular complexity index is 1350. The molecule has 3 aromatic carbocycles. The third kappa shape index (κ3) is 6.76. The first kappa shape index (κ1) is 26.1. The van der Waals surface area contributed by atoms with Crippen LogP contribution in [0.1, 0.15) is 16.7 Å². The normalized spacial score (nSPS) is 10.7. The van der Waals surface area contributed by atoms with Gasteiger partial charge < -0.3 is 14.8 Å². The number of carbonyl (C=O) groups is 2. The van der Waals surface area contributed by atoms with Gasteiger partial charge in [-0.1, -0.05) is 11.6 Å². The SMILES string of the molecule is COc1ccc(/C=N/NC(=O)C(=O)Nc2ccc(F)c(Cl)c2)cc1COc1ccc([N+](=O)[O-])c(C)c1. The fraction of sp³-hybridized carbons (Fsp3) is 0.125. The number of ether oxygens (including phenoxy) is 2. The molecule has 0 unspecified atom stereocenters. The molecule has 0 saturated carbocycles. The molecule has 0 aliphatic carbocycles. The number of aryl methyl sites for hydroxylation is 1. The van der Waals surface area contributed by atoms with Gasteiger partial charge in [0, 0.05) is 22.9 Å². The molecule has 10 nitrogen and oxygen atoms in total. The summed E-state index contributed by atoms with van der Waals surface area (Å²) in [4.78, 5) is 34.5. The zero-order valence-electron chi connectivity index (χ0n) is 19.1. The smallest absolute Gasteiger partial charge is 0.329 e. The second-order valence-electron chi connectivity index (χ2n) is 7.35. The van der Waals surface area contributed by atoms with E-state index in [4.69, 9.17) is 21.1 Å². The number of nitro benzene ring substituents is 1. The first-order chi connectivity index (χ1) is 17.2. The molecule has 0 aromatic heterocycles. The van der Waals surface area contributed by atoms with Crippen LogP contribution >= 0.6 is 11.6 Å². The number of halogens is 2. The van der Waals surface area contributed by atoms with Gasteiger partial charge in [-0.15, -0.1) is 0 Å². The fourth-order valence-corrected chi connectivity index (χ4v) is 3.23. The van der Waals surface area contributed by atoms with Gasteiger partial charge in [-0.05, 0) is 61.0 Å². The predicted molar refractivity (Wildman–Crippen MR) is 131 cm³/mol. The molecule has 0 spiro atoms. The molecular formula is C24H20ClFN4O6. The monoisotopic (exact) mass is 514 g/mol. The van der Waals surface area contributed by atoms with Gasteiger partial charge in [-0.3, -0.25) is 19.7 Å². The third-order valence-corrected chi connectivity index (χ3v) is 5.12. The minimum Gasteiger partial charge on any atom is -0.496 e. The van der Waals surface area contributed by atoms with Crippen LogP contribution in [0.4, 0.5) is 15.8 Å². The molecular weight excluding hydrogens is 495 g/mol. The number of hydrogen-bond acceptors (Lipinski definition) is 7. The van der Waals surface area contributed by atoms with E-state index >= 15 is 0 Å². The van der Waals surface area contributed by atoms with Crippen LogP contribution in [-0.2, 0) is 16.2 Å². The van der Waals surface area contributed by atoms with Crippen LogP contribution in [0.15, 0.2) is 59.7 Å². The number of hydrazone groups is 1. The van der Waals surface area contributed by atoms with E-state index in [1.807, 2.05) is 0 Å². The largest absolute Gasteiger partial charge is 0.496 e. The minimum atomic E-state index is -1.04. The number of anilines is 1. The van der Waals surface area contributed by atoms with Crippen LogP contribution in [0.5, 0.6) is 11.5 Å². The van der Waals surface area contributed by atoms with Crippen molar-refractivity contribution in [3.05, 3.63) is 92.2 Å². The molecule has 0 atom stereocenters. The lowest BCUT2D eigenvalue weighted by Gasteiger charge is -2.11. The summed E-state index contributed by atoms with van der Waals surface area (Å²) in [5.41, 5.74) is 3.92. The number of hydrogen-bond donors (Lipinski definition) is 2. The summed E-state index contributed by atoms with van der Waals surface area (Å²) in [6.07, 6.45) is 1.32. The standard InChI is InChI=1S/C24H20ClFN4O6/c1-14-9-18(5-7-21(14)30(33)34)36-13-16-10-15(3-8-22(16)35-2)12-27-29-24(32)23(31)28-17-4-6-20(26)19(25)11-17/h3-12H,13H2,1-2H3,(H,28,31)(H,29,32)/b27-12+. The van der Waals surface area contributed by atoms with Crippen LogP contribution in [0, 0.1) is 22.9 Å². The number of rotatable bonds is 8. The lowest BCUT2D eigenvalue weighted by atomic mass is 10.1. The summed E-state index contributed by atoms with van der Waals surface area (Å²) in [6.45, 7) is 1.71. The van der Waals surface area contributed by atoms with Crippen molar-refractivity contribution in [2.24, 2.45) is 5.10 Å². The topological polar surface area (TPSA) is 132 Å². The van der Waals surface area contributed by atoms with Crippen molar-refractivity contribution < 1.29 is 28.4 Å². The van der Waals surface area contributed by atoms with E-state index in [1.54, 1.807) is 31.2 Å². The molecule has 3 rings (SSSR count). The first-order valence-electron chi connectivity index (χ1n) is 10.3. The number of nitro groups is 1. The minimum absolute atomic E-state index is 0.00432. The Hall–Kier alpha value is -4.51. The summed E-state index contributed by atoms with van der Waals surface area (Å²) in [5, 5.41) is 16.8. The van der Waals surface area contributed by atoms with Gasteiger partial charge in [-0.25, -0.2) is 9.82 Å². The van der Waals surface area contributed by atoms with E-state index in [0.717, 1.165) is 6.07 Å². The lowest BCUT2D eigenvalue weighted by Crippen LogP contribution is -2.32. The number of nitrogens with zero attached hydrogens (tertiary/aromatic N) is 2. The second-order valence-corrected chi connectivity index (χ2v) is 7.75. The Morgan fingerprint density at radius 1 is 1.14 bits per heavy atom. The molecule has 0 saturated heterocycles. The molecule has 12 heteroatoms. The van der Waals surface area contributed by atoms with Gasteiger partial charge in [0.15, 0.2) is 0 Å². The zero-order valence-corrected chi connectivity index (χ0v) is 19.8. The summed E-state index contributed by atoms with van der Waals surface area (Å²) >= 11 is 5.65. The third-order valence-electron chi connectivity index (χ3n) is 4.83. The summed E-state index contributed by atoms with van der Waals surface area (Å²) < 4.78 is 24.3. The van der Waals surface area contributed by atoms with Gasteiger partial charge in [0.25, 0.3) is 5.69 Å². The Morgan fingerprint density at radius 2 is 1.92 bits per heavy atom. The van der Waals surface area contributed by atoms with E-state index in [1.165, 1.54) is 37.6 Å². The number of carbonyl (C=O) groups excluding carboxylic acids is 2. The van der Waals surface area contributed by atoms with Crippen LogP contribution in [0.2, 0.25) is 5.02 Å². The van der Waals surface area contributed by atoms with Crippen LogP contribution in [-0.4, -0.2) is 30.1 Å². The van der Waals surface area contributed by atoms with Gasteiger partial charge in [0.1, 0.15) is 23.9 Å². The van der Waals surface area contributed by atoms with Gasteiger partial charge in [0.05, 0.1) is 23.3 Å². The molecule has 0 aliphatic heterocycles. The van der Waals surface area contributed by atoms with Crippen LogP contribution in [0.25, 0.3) is 0 Å². The van der Waals surface area contributed by atoms with Gasteiger partial charge >= 0.3 is 11.8 Å². The summed E-state index contributed by atoms with van der Waals surface area (Å²) in [6, 6.07) is 13.0. The van der Waals surface area contributed by atoms with Crippen molar-refractivity contribution in [2.45, 2.75) is 13.5 Å². The van der Waals surface area contributed by atoms with Crippen molar-refractivity contribution in [3.63, 3.8) is 0 Å². The van der Waals surface area contributed by atoms with Crippen molar-refractivity contribution in [3.8, 4) is 11.5 Å². The van der Waals surface area contributed by atoms with E-state index in [-0.39, 0.29) is 23.0 Å². The lowest BCUT2D eigenvalue weighted by molar-refractivity contribution is -0.385. The van der Waals surface area contributed by atoms with E-state index < -0.39 is 22.6 Å². The van der Waals surface area contributed by atoms with E-state index in [0.29, 0.717) is 28.2 Å². The molecule has 186 valence electrons. The van der Waals surface area contributed by atoms with Gasteiger partial charge in [-0.2, -0.15) is 5.10 Å². The Morgan fingerprint density at radius 3 is 2.58 bits per heavy atom. The molecule has 2 amide bonds.